The molecule has 0 fully saturated rings. The van der Waals surface area contributed by atoms with Crippen LogP contribution >= 0.6 is 0 Å². The van der Waals surface area contributed by atoms with Crippen molar-refractivity contribution in [2.24, 2.45) is 5.92 Å². The lowest BCUT2D eigenvalue weighted by molar-refractivity contribution is -0.159. The molecule has 15 heavy (non-hydrogen) atoms. The van der Waals surface area contributed by atoms with E-state index in [-0.39, 0.29) is 11.8 Å². The Morgan fingerprint density at radius 1 is 1.53 bits per heavy atom. The van der Waals surface area contributed by atoms with Crippen molar-refractivity contribution >= 4 is 11.9 Å². The molecule has 4 heteroatoms. The lowest BCUT2D eigenvalue weighted by atomic mass is 9.86. The molecule has 0 saturated heterocycles. The summed E-state index contributed by atoms with van der Waals surface area (Å²) in [5, 5.41) is 9.22. The first-order valence-corrected chi connectivity index (χ1v) is 4.99. The van der Waals surface area contributed by atoms with E-state index in [0.29, 0.717) is 6.54 Å². The van der Waals surface area contributed by atoms with Gasteiger partial charge < -0.3 is 10.0 Å². The summed E-state index contributed by atoms with van der Waals surface area (Å²) < 4.78 is 0. The van der Waals surface area contributed by atoms with E-state index in [0.717, 1.165) is 6.08 Å². The van der Waals surface area contributed by atoms with Crippen molar-refractivity contribution in [2.45, 2.75) is 33.2 Å². The standard InChI is InChI=1S/C11H19NO3/c1-6-9(13)12(7-2)11(5,8(3)4)10(14)15/h6,8H,1,7H2,2-5H3,(H,14,15)/t11-/m0/s1. The van der Waals surface area contributed by atoms with Crippen molar-refractivity contribution in [3.63, 3.8) is 0 Å². The van der Waals surface area contributed by atoms with Crippen LogP contribution in [0.1, 0.15) is 27.7 Å². The van der Waals surface area contributed by atoms with Gasteiger partial charge in [-0.05, 0) is 25.8 Å². The second-order valence-corrected chi connectivity index (χ2v) is 3.89. The largest absolute Gasteiger partial charge is 0.479 e. The first-order valence-electron chi connectivity index (χ1n) is 4.99. The van der Waals surface area contributed by atoms with Gasteiger partial charge in [0.05, 0.1) is 0 Å². The van der Waals surface area contributed by atoms with Crippen molar-refractivity contribution in [3.05, 3.63) is 12.7 Å². The highest BCUT2D eigenvalue weighted by Crippen LogP contribution is 2.25. The number of hydrogen-bond acceptors (Lipinski definition) is 2. The Morgan fingerprint density at radius 3 is 2.20 bits per heavy atom. The Kier molecular flexibility index (Phi) is 4.52. The second kappa shape index (κ2) is 4.96. The minimum Gasteiger partial charge on any atom is -0.479 e. The van der Waals surface area contributed by atoms with Crippen LogP contribution in [0.25, 0.3) is 0 Å². The van der Waals surface area contributed by atoms with Gasteiger partial charge in [0.1, 0.15) is 5.54 Å². The average Bonchev–Trinajstić information content (AvgIpc) is 2.17. The number of hydrogen-bond donors (Lipinski definition) is 1. The topological polar surface area (TPSA) is 57.6 Å². The number of nitrogens with zero attached hydrogens (tertiary/aromatic N) is 1. The van der Waals surface area contributed by atoms with Crippen LogP contribution in [0.5, 0.6) is 0 Å². The number of carboxylic acids is 1. The Bertz CT molecular complexity index is 273. The molecule has 1 amide bonds. The number of carboxylic acid groups (broad SMARTS) is 1. The first kappa shape index (κ1) is 13.7. The molecule has 0 spiro atoms. The molecule has 1 N–H and O–H groups in total. The van der Waals surface area contributed by atoms with Crippen molar-refractivity contribution in [1.29, 1.82) is 0 Å². The van der Waals surface area contributed by atoms with Crippen LogP contribution in [0.3, 0.4) is 0 Å². The van der Waals surface area contributed by atoms with Gasteiger partial charge in [-0.2, -0.15) is 0 Å². The highest BCUT2D eigenvalue weighted by molar-refractivity contribution is 5.92. The third-order valence-corrected chi connectivity index (χ3v) is 2.87. The molecule has 86 valence electrons. The van der Waals surface area contributed by atoms with Gasteiger partial charge in [0.2, 0.25) is 5.91 Å². The predicted octanol–water partition coefficient (Wildman–Crippen LogP) is 1.52. The molecule has 0 rings (SSSR count). The lowest BCUT2D eigenvalue weighted by Crippen LogP contribution is -2.57. The van der Waals surface area contributed by atoms with Crippen molar-refractivity contribution in [2.75, 3.05) is 6.54 Å². The Balaban J connectivity index is 5.30. The first-order chi connectivity index (χ1) is 6.82. The molecule has 0 aliphatic carbocycles. The fourth-order valence-corrected chi connectivity index (χ4v) is 1.50. The van der Waals surface area contributed by atoms with Gasteiger partial charge >= 0.3 is 5.97 Å². The van der Waals surface area contributed by atoms with Crippen molar-refractivity contribution in [3.8, 4) is 0 Å². The summed E-state index contributed by atoms with van der Waals surface area (Å²) in [6, 6.07) is 0. The molecule has 0 saturated carbocycles. The Morgan fingerprint density at radius 2 is 2.00 bits per heavy atom. The second-order valence-electron chi connectivity index (χ2n) is 3.89. The van der Waals surface area contributed by atoms with Crippen molar-refractivity contribution < 1.29 is 14.7 Å². The third kappa shape index (κ3) is 2.37. The Hall–Kier alpha value is -1.32. The summed E-state index contributed by atoms with van der Waals surface area (Å²) in [5.74, 6) is -1.51. The van der Waals surface area contributed by atoms with Crippen LogP contribution in [0.15, 0.2) is 12.7 Å². The van der Waals surface area contributed by atoms with Crippen LogP contribution in [0.4, 0.5) is 0 Å². The molecule has 0 aliphatic rings. The van der Waals surface area contributed by atoms with Gasteiger partial charge in [-0.25, -0.2) is 4.79 Å². The normalized spacial score (nSPS) is 14.5. The molecule has 0 unspecified atom stereocenters. The zero-order valence-corrected chi connectivity index (χ0v) is 9.78. The van der Waals surface area contributed by atoms with Gasteiger partial charge in [0.15, 0.2) is 0 Å². The summed E-state index contributed by atoms with van der Waals surface area (Å²) in [6.07, 6.45) is 1.15. The summed E-state index contributed by atoms with van der Waals surface area (Å²) >= 11 is 0. The van der Waals surface area contributed by atoms with Crippen molar-refractivity contribution in [1.82, 2.24) is 4.90 Å². The maximum absolute atomic E-state index is 11.5. The third-order valence-electron chi connectivity index (χ3n) is 2.87. The molecule has 4 nitrogen and oxygen atoms in total. The van der Waals surface area contributed by atoms with E-state index in [1.807, 2.05) is 0 Å². The summed E-state index contributed by atoms with van der Waals surface area (Å²) in [4.78, 5) is 24.1. The quantitative estimate of drug-likeness (QED) is 0.704. The number of likely N-dealkylation sites (N-methyl/N-ethyl adjacent to an activating group) is 1. The van der Waals surface area contributed by atoms with Gasteiger partial charge in [-0.3, -0.25) is 4.79 Å². The van der Waals surface area contributed by atoms with E-state index in [9.17, 15) is 14.7 Å². The molecule has 0 aromatic heterocycles. The zero-order chi connectivity index (χ0) is 12.2. The molecule has 0 aromatic rings. The predicted molar refractivity (Wildman–Crippen MR) is 58.5 cm³/mol. The van der Waals surface area contributed by atoms with E-state index in [4.69, 9.17) is 0 Å². The van der Waals surface area contributed by atoms with Crippen LogP contribution < -0.4 is 0 Å². The SMILES string of the molecule is C=CC(=O)N(CC)[C@](C)(C(=O)O)C(C)C. The zero-order valence-electron chi connectivity index (χ0n) is 9.78. The molecule has 0 aliphatic heterocycles. The van der Waals surface area contributed by atoms with E-state index in [1.54, 1.807) is 27.7 Å². The molecule has 0 heterocycles. The number of carbonyl (C=O) groups excluding carboxylic acids is 1. The molecule has 1 atom stereocenters. The van der Waals surface area contributed by atoms with Crippen LogP contribution in [-0.2, 0) is 9.59 Å². The fraction of sp³-hybridized carbons (Fsp3) is 0.636. The smallest absolute Gasteiger partial charge is 0.329 e. The lowest BCUT2D eigenvalue weighted by Gasteiger charge is -2.39. The number of amides is 1. The van der Waals surface area contributed by atoms with Crippen LogP contribution in [-0.4, -0.2) is 34.0 Å². The number of carbonyl (C=O) groups is 2. The van der Waals surface area contributed by atoms with Crippen LogP contribution in [0.2, 0.25) is 0 Å². The van der Waals surface area contributed by atoms with Gasteiger partial charge in [0.25, 0.3) is 0 Å². The summed E-state index contributed by atoms with van der Waals surface area (Å²) in [7, 11) is 0. The fourth-order valence-electron chi connectivity index (χ4n) is 1.50. The van der Waals surface area contributed by atoms with E-state index in [1.165, 1.54) is 4.90 Å². The molecule has 0 bridgehead atoms. The van der Waals surface area contributed by atoms with Crippen LogP contribution in [0, 0.1) is 5.92 Å². The summed E-state index contributed by atoms with van der Waals surface area (Å²) in [6.45, 7) is 10.6. The van der Waals surface area contributed by atoms with E-state index in [2.05, 4.69) is 6.58 Å². The molecular weight excluding hydrogens is 194 g/mol. The average molecular weight is 213 g/mol. The highest BCUT2D eigenvalue weighted by Gasteiger charge is 2.43. The highest BCUT2D eigenvalue weighted by atomic mass is 16.4. The monoisotopic (exact) mass is 213 g/mol. The maximum Gasteiger partial charge on any atom is 0.329 e. The van der Waals surface area contributed by atoms with E-state index >= 15 is 0 Å². The molecular formula is C11H19NO3. The van der Waals surface area contributed by atoms with Gasteiger partial charge in [-0.15, -0.1) is 0 Å². The number of rotatable bonds is 5. The molecule has 0 aromatic carbocycles. The molecule has 0 radical (unpaired) electrons. The minimum absolute atomic E-state index is 0.168. The van der Waals surface area contributed by atoms with E-state index < -0.39 is 11.5 Å². The maximum atomic E-state index is 11.5. The minimum atomic E-state index is -1.18. The Labute approximate surface area is 90.6 Å². The van der Waals surface area contributed by atoms with Gasteiger partial charge in [0, 0.05) is 6.54 Å². The number of aliphatic carboxylic acids is 1. The summed E-state index contributed by atoms with van der Waals surface area (Å²) in [5.41, 5.74) is -1.18. The van der Waals surface area contributed by atoms with Gasteiger partial charge in [-0.1, -0.05) is 20.4 Å².